The van der Waals surface area contributed by atoms with Gasteiger partial charge in [-0.1, -0.05) is 5.16 Å². The summed E-state index contributed by atoms with van der Waals surface area (Å²) in [6, 6.07) is -0.494. The molecule has 1 aromatic rings. The van der Waals surface area contributed by atoms with Crippen molar-refractivity contribution in [1.82, 2.24) is 15.5 Å². The van der Waals surface area contributed by atoms with E-state index in [-0.39, 0.29) is 30.3 Å². The highest BCUT2D eigenvalue weighted by Gasteiger charge is 2.26. The fourth-order valence-electron chi connectivity index (χ4n) is 1.03. The Labute approximate surface area is 85.6 Å². The number of aliphatic hydroxyl groups excluding tert-OH is 1. The lowest BCUT2D eigenvalue weighted by molar-refractivity contribution is 0.0937. The Morgan fingerprint density at radius 1 is 1.73 bits per heavy atom. The van der Waals surface area contributed by atoms with Crippen molar-refractivity contribution < 1.29 is 14.4 Å². The molecule has 1 heterocycles. The minimum absolute atomic E-state index is 0.0409. The summed E-state index contributed by atoms with van der Waals surface area (Å²) in [5.74, 6) is -0.336. The van der Waals surface area contributed by atoms with E-state index in [2.05, 4.69) is 15.5 Å². The molecule has 0 bridgehead atoms. The summed E-state index contributed by atoms with van der Waals surface area (Å²) in [5, 5.41) is 14.9. The molecule has 0 radical (unpaired) electrons. The molecule has 1 fully saturated rings. The highest BCUT2D eigenvalue weighted by atomic mass is 16.5. The predicted octanol–water partition coefficient (Wildman–Crippen LogP) is -1.05. The van der Waals surface area contributed by atoms with E-state index in [9.17, 15) is 4.79 Å². The summed E-state index contributed by atoms with van der Waals surface area (Å²) >= 11 is 0. The number of aromatic nitrogens is 2. The van der Waals surface area contributed by atoms with Crippen LogP contribution < -0.4 is 11.1 Å². The zero-order valence-corrected chi connectivity index (χ0v) is 8.01. The number of hydrogen-bond donors (Lipinski definition) is 3. The lowest BCUT2D eigenvalue weighted by atomic mass is 10.3. The van der Waals surface area contributed by atoms with Crippen molar-refractivity contribution in [3.8, 4) is 0 Å². The van der Waals surface area contributed by atoms with E-state index in [4.69, 9.17) is 15.4 Å². The van der Waals surface area contributed by atoms with Crippen LogP contribution in [0.1, 0.15) is 35.4 Å². The third-order valence-electron chi connectivity index (χ3n) is 2.07. The SMILES string of the molecule is N[C@@H](CO)c1nc(C(=O)NC2CC2)no1. The molecule has 1 amide bonds. The number of nitrogens with one attached hydrogen (secondary N) is 1. The highest BCUT2D eigenvalue weighted by Crippen LogP contribution is 2.19. The maximum absolute atomic E-state index is 11.4. The summed E-state index contributed by atoms with van der Waals surface area (Å²) < 4.78 is 4.73. The molecule has 15 heavy (non-hydrogen) atoms. The zero-order valence-electron chi connectivity index (χ0n) is 8.01. The largest absolute Gasteiger partial charge is 0.394 e. The molecule has 7 nitrogen and oxygen atoms in total. The molecular formula is C8H12N4O3. The molecule has 82 valence electrons. The van der Waals surface area contributed by atoms with Crippen LogP contribution in [0.25, 0.3) is 0 Å². The first-order valence-electron chi connectivity index (χ1n) is 4.71. The van der Waals surface area contributed by atoms with Crippen molar-refractivity contribution in [2.75, 3.05) is 6.61 Å². The molecule has 4 N–H and O–H groups in total. The Kier molecular flexibility index (Phi) is 2.65. The number of hydrogen-bond acceptors (Lipinski definition) is 6. The molecule has 2 rings (SSSR count). The summed E-state index contributed by atoms with van der Waals surface area (Å²) in [6.07, 6.45) is 1.99. The highest BCUT2D eigenvalue weighted by molar-refractivity contribution is 5.90. The molecule has 1 aliphatic rings. The fourth-order valence-corrected chi connectivity index (χ4v) is 1.03. The Morgan fingerprint density at radius 2 is 2.47 bits per heavy atom. The van der Waals surface area contributed by atoms with Crippen LogP contribution in [0.5, 0.6) is 0 Å². The fraction of sp³-hybridized carbons (Fsp3) is 0.625. The standard InChI is InChI=1S/C8H12N4O3/c9-5(3-13)8-11-6(12-15-8)7(14)10-4-1-2-4/h4-5,13H,1-3,9H2,(H,10,14)/t5-/m0/s1. The van der Waals surface area contributed by atoms with Crippen LogP contribution in [0.15, 0.2) is 4.52 Å². The van der Waals surface area contributed by atoms with E-state index < -0.39 is 6.04 Å². The number of amides is 1. The summed E-state index contributed by atoms with van der Waals surface area (Å²) in [5.41, 5.74) is 5.44. The molecule has 0 saturated heterocycles. The van der Waals surface area contributed by atoms with Gasteiger partial charge in [0.05, 0.1) is 6.61 Å². The molecule has 0 unspecified atom stereocenters. The predicted molar refractivity (Wildman–Crippen MR) is 48.8 cm³/mol. The first-order chi connectivity index (χ1) is 7.20. The number of aliphatic hydroxyl groups is 1. The molecule has 1 atom stereocenters. The van der Waals surface area contributed by atoms with E-state index >= 15 is 0 Å². The molecule has 7 heteroatoms. The first-order valence-corrected chi connectivity index (χ1v) is 4.71. The van der Waals surface area contributed by atoms with Gasteiger partial charge in [0.25, 0.3) is 11.7 Å². The van der Waals surface area contributed by atoms with Gasteiger partial charge in [-0.15, -0.1) is 0 Å². The number of nitrogens with zero attached hydrogens (tertiary/aromatic N) is 2. The number of carbonyl (C=O) groups excluding carboxylic acids is 1. The lowest BCUT2D eigenvalue weighted by Gasteiger charge is -1.98. The van der Waals surface area contributed by atoms with Gasteiger partial charge in [-0.2, -0.15) is 4.98 Å². The maximum Gasteiger partial charge on any atom is 0.292 e. The Morgan fingerprint density at radius 3 is 3.07 bits per heavy atom. The van der Waals surface area contributed by atoms with Gasteiger partial charge in [-0.3, -0.25) is 4.79 Å². The zero-order chi connectivity index (χ0) is 10.8. The number of nitrogens with two attached hydrogens (primary N) is 1. The summed E-state index contributed by atoms with van der Waals surface area (Å²) in [6.45, 7) is -0.300. The lowest BCUT2D eigenvalue weighted by Crippen LogP contribution is -2.26. The van der Waals surface area contributed by atoms with Crippen LogP contribution in [-0.2, 0) is 0 Å². The molecule has 1 saturated carbocycles. The van der Waals surface area contributed by atoms with Gasteiger partial charge in [-0.05, 0) is 12.8 Å². The summed E-state index contributed by atoms with van der Waals surface area (Å²) in [7, 11) is 0. The van der Waals surface area contributed by atoms with Crippen LogP contribution >= 0.6 is 0 Å². The van der Waals surface area contributed by atoms with Crippen molar-refractivity contribution >= 4 is 5.91 Å². The topological polar surface area (TPSA) is 114 Å². The number of rotatable bonds is 4. The van der Waals surface area contributed by atoms with Crippen LogP contribution in [-0.4, -0.2) is 33.8 Å². The molecule has 0 spiro atoms. The quantitative estimate of drug-likeness (QED) is 0.587. The van der Waals surface area contributed by atoms with Crippen molar-refractivity contribution in [3.05, 3.63) is 11.7 Å². The molecule has 1 aromatic heterocycles. The molecular weight excluding hydrogens is 200 g/mol. The van der Waals surface area contributed by atoms with Gasteiger partial charge >= 0.3 is 0 Å². The van der Waals surface area contributed by atoms with Crippen molar-refractivity contribution in [3.63, 3.8) is 0 Å². The van der Waals surface area contributed by atoms with Gasteiger partial charge in [-0.25, -0.2) is 0 Å². The van der Waals surface area contributed by atoms with Crippen LogP contribution in [0.4, 0.5) is 0 Å². The van der Waals surface area contributed by atoms with Gasteiger partial charge in [0, 0.05) is 6.04 Å². The summed E-state index contributed by atoms with van der Waals surface area (Å²) in [4.78, 5) is 15.2. The van der Waals surface area contributed by atoms with E-state index in [0.717, 1.165) is 12.8 Å². The smallest absolute Gasteiger partial charge is 0.292 e. The monoisotopic (exact) mass is 212 g/mol. The second-order valence-electron chi connectivity index (χ2n) is 3.49. The van der Waals surface area contributed by atoms with Crippen molar-refractivity contribution in [1.29, 1.82) is 0 Å². The van der Waals surface area contributed by atoms with Crippen LogP contribution in [0.3, 0.4) is 0 Å². The second-order valence-corrected chi connectivity index (χ2v) is 3.49. The van der Waals surface area contributed by atoms with E-state index in [0.29, 0.717) is 0 Å². The maximum atomic E-state index is 11.4. The average Bonchev–Trinajstić information content (AvgIpc) is 2.91. The number of carbonyl (C=O) groups is 1. The third-order valence-corrected chi connectivity index (χ3v) is 2.07. The van der Waals surface area contributed by atoms with Crippen molar-refractivity contribution in [2.24, 2.45) is 5.73 Å². The van der Waals surface area contributed by atoms with E-state index in [1.807, 2.05) is 0 Å². The van der Waals surface area contributed by atoms with Gasteiger partial charge in [0.15, 0.2) is 0 Å². The van der Waals surface area contributed by atoms with Gasteiger partial charge in [0.1, 0.15) is 6.04 Å². The normalized spacial score (nSPS) is 17.5. The molecule has 0 aliphatic heterocycles. The second kappa shape index (κ2) is 3.95. The van der Waals surface area contributed by atoms with E-state index in [1.165, 1.54) is 0 Å². The van der Waals surface area contributed by atoms with E-state index in [1.54, 1.807) is 0 Å². The minimum atomic E-state index is -0.736. The van der Waals surface area contributed by atoms with Gasteiger partial charge in [0.2, 0.25) is 5.89 Å². The first kappa shape index (κ1) is 10.1. The van der Waals surface area contributed by atoms with Crippen LogP contribution in [0, 0.1) is 0 Å². The van der Waals surface area contributed by atoms with Gasteiger partial charge < -0.3 is 20.7 Å². The van der Waals surface area contributed by atoms with Crippen molar-refractivity contribution in [2.45, 2.75) is 24.9 Å². The third kappa shape index (κ3) is 2.31. The Balaban J connectivity index is 2.01. The Bertz CT molecular complexity index is 361. The minimum Gasteiger partial charge on any atom is -0.394 e. The van der Waals surface area contributed by atoms with Crippen LogP contribution in [0.2, 0.25) is 0 Å². The molecule has 0 aromatic carbocycles. The molecule has 1 aliphatic carbocycles. The average molecular weight is 212 g/mol. The Hall–Kier alpha value is -1.47.